The highest BCUT2D eigenvalue weighted by Gasteiger charge is 2.10. The molecule has 0 fully saturated rings. The molecule has 0 radical (unpaired) electrons. The van der Waals surface area contributed by atoms with Gasteiger partial charge in [-0.3, -0.25) is 5.10 Å². The van der Waals surface area contributed by atoms with Crippen molar-refractivity contribution in [3.05, 3.63) is 52.6 Å². The van der Waals surface area contributed by atoms with E-state index in [1.807, 2.05) is 43.5 Å². The van der Waals surface area contributed by atoms with Gasteiger partial charge in [-0.1, -0.05) is 12.1 Å². The molecule has 2 amide bonds. The maximum atomic E-state index is 12.3. The van der Waals surface area contributed by atoms with Gasteiger partial charge < -0.3 is 10.2 Å². The number of H-pyrrole nitrogens is 1. The van der Waals surface area contributed by atoms with Crippen molar-refractivity contribution >= 4 is 23.1 Å². The standard InChI is InChI=1S/C17H19N5OS/c1-12-11-18-16(24-12)7-9-22(2)17(23)20-14-5-3-4-13(10-14)15-6-8-19-21-15/h3-6,8,10-11H,7,9H2,1-2H3,(H,19,21)(H,20,23). The van der Waals surface area contributed by atoms with E-state index in [0.717, 1.165) is 28.4 Å². The van der Waals surface area contributed by atoms with Gasteiger partial charge in [-0.05, 0) is 25.1 Å². The van der Waals surface area contributed by atoms with E-state index in [9.17, 15) is 4.79 Å². The summed E-state index contributed by atoms with van der Waals surface area (Å²) in [5.41, 5.74) is 2.65. The molecule has 0 spiro atoms. The predicted octanol–water partition coefficient (Wildman–Crippen LogP) is 3.55. The van der Waals surface area contributed by atoms with E-state index in [0.29, 0.717) is 6.54 Å². The number of aromatic amines is 1. The molecule has 1 aromatic carbocycles. The summed E-state index contributed by atoms with van der Waals surface area (Å²) in [6, 6.07) is 9.43. The molecule has 2 heterocycles. The van der Waals surface area contributed by atoms with Crippen LogP contribution in [0.5, 0.6) is 0 Å². The van der Waals surface area contributed by atoms with Crippen molar-refractivity contribution in [2.45, 2.75) is 13.3 Å². The fourth-order valence-electron chi connectivity index (χ4n) is 2.28. The van der Waals surface area contributed by atoms with Crippen LogP contribution in [0.2, 0.25) is 0 Å². The normalized spacial score (nSPS) is 10.6. The molecule has 0 unspecified atom stereocenters. The van der Waals surface area contributed by atoms with Gasteiger partial charge in [0.05, 0.1) is 10.7 Å². The Morgan fingerprint density at radius 1 is 1.38 bits per heavy atom. The van der Waals surface area contributed by atoms with E-state index >= 15 is 0 Å². The topological polar surface area (TPSA) is 73.9 Å². The summed E-state index contributed by atoms with van der Waals surface area (Å²) in [4.78, 5) is 19.5. The summed E-state index contributed by atoms with van der Waals surface area (Å²) < 4.78 is 0. The average Bonchev–Trinajstić information content (AvgIpc) is 3.24. The molecule has 7 heteroatoms. The number of carbonyl (C=O) groups is 1. The van der Waals surface area contributed by atoms with Crippen LogP contribution in [0.3, 0.4) is 0 Å². The quantitative estimate of drug-likeness (QED) is 0.745. The monoisotopic (exact) mass is 341 g/mol. The van der Waals surface area contributed by atoms with E-state index < -0.39 is 0 Å². The van der Waals surface area contributed by atoms with E-state index in [4.69, 9.17) is 0 Å². The third-order valence-corrected chi connectivity index (χ3v) is 4.58. The van der Waals surface area contributed by atoms with Crippen LogP contribution in [-0.2, 0) is 6.42 Å². The number of anilines is 1. The number of thiazole rings is 1. The first-order valence-electron chi connectivity index (χ1n) is 7.65. The number of nitrogens with zero attached hydrogens (tertiary/aromatic N) is 3. The maximum Gasteiger partial charge on any atom is 0.321 e. The second kappa shape index (κ2) is 7.27. The molecule has 0 saturated heterocycles. The van der Waals surface area contributed by atoms with Gasteiger partial charge in [0.2, 0.25) is 0 Å². The molecule has 6 nitrogen and oxygen atoms in total. The highest BCUT2D eigenvalue weighted by atomic mass is 32.1. The van der Waals surface area contributed by atoms with E-state index in [1.54, 1.807) is 29.5 Å². The first-order valence-corrected chi connectivity index (χ1v) is 8.47. The largest absolute Gasteiger partial charge is 0.327 e. The van der Waals surface area contributed by atoms with Gasteiger partial charge in [-0.2, -0.15) is 5.10 Å². The zero-order valence-electron chi connectivity index (χ0n) is 13.6. The molecule has 24 heavy (non-hydrogen) atoms. The van der Waals surface area contributed by atoms with Crippen molar-refractivity contribution in [2.75, 3.05) is 18.9 Å². The van der Waals surface area contributed by atoms with E-state index in [2.05, 4.69) is 20.5 Å². The Hall–Kier alpha value is -2.67. The number of urea groups is 1. The number of hydrogen-bond donors (Lipinski definition) is 2. The predicted molar refractivity (Wildman–Crippen MR) is 96.2 cm³/mol. The Bertz CT molecular complexity index is 812. The van der Waals surface area contributed by atoms with Gasteiger partial charge in [0.15, 0.2) is 0 Å². The fraction of sp³-hybridized carbons (Fsp3) is 0.235. The molecular formula is C17H19N5OS. The van der Waals surface area contributed by atoms with E-state index in [1.165, 1.54) is 4.88 Å². The number of benzene rings is 1. The highest BCUT2D eigenvalue weighted by molar-refractivity contribution is 7.11. The van der Waals surface area contributed by atoms with Crippen molar-refractivity contribution in [3.63, 3.8) is 0 Å². The molecule has 0 bridgehead atoms. The van der Waals surface area contributed by atoms with Crippen molar-refractivity contribution in [3.8, 4) is 11.3 Å². The second-order valence-corrected chi connectivity index (χ2v) is 6.84. The molecule has 0 saturated carbocycles. The molecular weight excluding hydrogens is 322 g/mol. The minimum absolute atomic E-state index is 0.134. The summed E-state index contributed by atoms with van der Waals surface area (Å²) >= 11 is 1.67. The van der Waals surface area contributed by atoms with Crippen LogP contribution in [0.25, 0.3) is 11.3 Å². The van der Waals surface area contributed by atoms with Crippen LogP contribution in [0.15, 0.2) is 42.7 Å². The number of nitrogens with one attached hydrogen (secondary N) is 2. The van der Waals surface area contributed by atoms with Crippen LogP contribution in [0, 0.1) is 6.92 Å². The van der Waals surface area contributed by atoms with Crippen LogP contribution >= 0.6 is 11.3 Å². The Morgan fingerprint density at radius 3 is 2.96 bits per heavy atom. The number of hydrogen-bond acceptors (Lipinski definition) is 4. The summed E-state index contributed by atoms with van der Waals surface area (Å²) in [6.45, 7) is 2.66. The number of amides is 2. The molecule has 0 atom stereocenters. The third kappa shape index (κ3) is 3.99. The smallest absolute Gasteiger partial charge is 0.321 e. The van der Waals surface area contributed by atoms with Gasteiger partial charge in [0.1, 0.15) is 0 Å². The molecule has 2 aromatic heterocycles. The third-order valence-electron chi connectivity index (χ3n) is 3.60. The lowest BCUT2D eigenvalue weighted by Crippen LogP contribution is -2.32. The Kier molecular flexibility index (Phi) is 4.90. The molecule has 2 N–H and O–H groups in total. The first-order chi connectivity index (χ1) is 11.6. The lowest BCUT2D eigenvalue weighted by atomic mass is 10.1. The minimum Gasteiger partial charge on any atom is -0.327 e. The molecule has 0 aliphatic heterocycles. The molecule has 0 aliphatic rings. The zero-order chi connectivity index (χ0) is 16.9. The second-order valence-electron chi connectivity index (χ2n) is 5.52. The van der Waals surface area contributed by atoms with Gasteiger partial charge in [0.25, 0.3) is 0 Å². The van der Waals surface area contributed by atoms with Gasteiger partial charge in [0, 0.05) is 48.5 Å². The molecule has 3 aromatic rings. The van der Waals surface area contributed by atoms with Crippen LogP contribution < -0.4 is 5.32 Å². The van der Waals surface area contributed by atoms with Crippen LogP contribution in [-0.4, -0.2) is 39.7 Å². The Morgan fingerprint density at radius 2 is 2.25 bits per heavy atom. The van der Waals surface area contributed by atoms with Crippen LogP contribution in [0.4, 0.5) is 10.5 Å². The van der Waals surface area contributed by atoms with Crippen molar-refractivity contribution in [1.82, 2.24) is 20.1 Å². The maximum absolute atomic E-state index is 12.3. The molecule has 0 aliphatic carbocycles. The summed E-state index contributed by atoms with van der Waals surface area (Å²) in [7, 11) is 1.79. The van der Waals surface area contributed by atoms with E-state index in [-0.39, 0.29) is 6.03 Å². The van der Waals surface area contributed by atoms with Gasteiger partial charge in [-0.15, -0.1) is 11.3 Å². The van der Waals surface area contributed by atoms with Crippen molar-refractivity contribution in [1.29, 1.82) is 0 Å². The SMILES string of the molecule is Cc1cnc(CCN(C)C(=O)Nc2cccc(-c3ccn[nH]3)c2)s1. The van der Waals surface area contributed by atoms with Gasteiger partial charge in [-0.25, -0.2) is 9.78 Å². The Labute approximate surface area is 144 Å². The lowest BCUT2D eigenvalue weighted by molar-refractivity contribution is 0.223. The summed E-state index contributed by atoms with van der Waals surface area (Å²) in [5.74, 6) is 0. The number of likely N-dealkylation sites (N-methyl/N-ethyl adjacent to an activating group) is 1. The fourth-order valence-corrected chi connectivity index (χ4v) is 3.06. The minimum atomic E-state index is -0.134. The number of carbonyl (C=O) groups excluding carboxylic acids is 1. The molecule has 3 rings (SSSR count). The highest BCUT2D eigenvalue weighted by Crippen LogP contribution is 2.20. The summed E-state index contributed by atoms with van der Waals surface area (Å²) in [6.07, 6.45) is 4.33. The number of aromatic nitrogens is 3. The Balaban J connectivity index is 1.58. The zero-order valence-corrected chi connectivity index (χ0v) is 14.4. The number of aryl methyl sites for hydroxylation is 1. The van der Waals surface area contributed by atoms with Crippen molar-refractivity contribution in [2.24, 2.45) is 0 Å². The van der Waals surface area contributed by atoms with Crippen LogP contribution in [0.1, 0.15) is 9.88 Å². The lowest BCUT2D eigenvalue weighted by Gasteiger charge is -2.17. The first kappa shape index (κ1) is 16.2. The van der Waals surface area contributed by atoms with Crippen molar-refractivity contribution < 1.29 is 4.79 Å². The summed E-state index contributed by atoms with van der Waals surface area (Å²) in [5, 5.41) is 10.8. The average molecular weight is 341 g/mol. The number of rotatable bonds is 5. The van der Waals surface area contributed by atoms with Gasteiger partial charge >= 0.3 is 6.03 Å². The molecule has 124 valence electrons.